The number of hydrogen-bond donors (Lipinski definition) is 3. The fourth-order valence-electron chi connectivity index (χ4n) is 6.93. The van der Waals surface area contributed by atoms with Crippen LogP contribution < -0.4 is 8.97 Å². The van der Waals surface area contributed by atoms with Gasteiger partial charge in [0.2, 0.25) is 0 Å². The van der Waals surface area contributed by atoms with Crippen LogP contribution in [0.2, 0.25) is 0 Å². The van der Waals surface area contributed by atoms with Crippen LogP contribution in [0.5, 0.6) is 0 Å². The first-order valence-electron chi connectivity index (χ1n) is 12.8. The largest absolute Gasteiger partial charge is 0.465 e. The lowest BCUT2D eigenvalue weighted by atomic mass is 10.1. The number of hydrogen-bond acceptors (Lipinski definition) is 6. The fraction of sp³-hybridized carbons (Fsp3) is 0.308. The number of H-pyrrole nitrogens is 1. The standard InChI is InChI=1S/C26H23N7O6/c34-23(19-3-1-13-30(19)25(36)37)32(15-5-6-16(32)8-7-15)21-22(28-29-27-21)33(17-9-10-18(33)12-11-17)24(35)20-4-2-14-31(20)26(38)39/h5-12,19-20H,1-4,13-14H2,(H-2,27,28,29,36,37,38,39)/p+2/t19-,20-/m0/s1. The Bertz CT molecular complexity index is 1400. The highest BCUT2D eigenvalue weighted by atomic mass is 16.4. The molecule has 4 amide bonds. The minimum absolute atomic E-state index is 0.160. The van der Waals surface area contributed by atoms with Gasteiger partial charge in [-0.3, -0.25) is 9.80 Å². The van der Waals surface area contributed by atoms with Crippen LogP contribution in [0.25, 0.3) is 0 Å². The number of aromatic amines is 1. The van der Waals surface area contributed by atoms with E-state index in [9.17, 15) is 29.4 Å². The third-order valence-corrected chi connectivity index (χ3v) is 8.62. The van der Waals surface area contributed by atoms with Gasteiger partial charge in [0.15, 0.2) is 34.9 Å². The molecule has 0 radical (unpaired) electrons. The van der Waals surface area contributed by atoms with Crippen molar-refractivity contribution in [2.75, 3.05) is 13.1 Å². The van der Waals surface area contributed by atoms with Crippen molar-refractivity contribution in [3.63, 3.8) is 0 Å². The summed E-state index contributed by atoms with van der Waals surface area (Å²) >= 11 is 0. The molecule has 2 atom stereocenters. The monoisotopic (exact) mass is 531 g/mol. The number of fused-ring (bicyclic) bond motifs is 4. The molecular weight excluding hydrogens is 506 g/mol. The van der Waals surface area contributed by atoms with E-state index in [0.717, 1.165) is 9.80 Å². The number of amides is 4. The van der Waals surface area contributed by atoms with E-state index in [1.807, 2.05) is 0 Å². The summed E-state index contributed by atoms with van der Waals surface area (Å²) in [7, 11) is 0. The lowest BCUT2D eigenvalue weighted by molar-refractivity contribution is -0.132. The van der Waals surface area contributed by atoms with Crippen LogP contribution in [0, 0.1) is 0 Å². The van der Waals surface area contributed by atoms with Crippen LogP contribution in [0.1, 0.15) is 25.7 Å². The van der Waals surface area contributed by atoms with Crippen molar-refractivity contribution in [1.82, 2.24) is 34.2 Å². The number of carbonyl (C=O) groups excluding carboxylic acids is 2. The van der Waals surface area contributed by atoms with Crippen molar-refractivity contribution in [2.24, 2.45) is 0 Å². The van der Waals surface area contributed by atoms with Crippen LogP contribution in [-0.4, -0.2) is 84.6 Å². The molecule has 13 heteroatoms. The first-order valence-corrected chi connectivity index (χ1v) is 12.8. The molecule has 1 aromatic heterocycles. The molecule has 198 valence electrons. The van der Waals surface area contributed by atoms with Gasteiger partial charge in [-0.25, -0.2) is 19.2 Å². The predicted octanol–water partition coefficient (Wildman–Crippen LogP) is 2.46. The number of nitrogens with one attached hydrogen (secondary N) is 1. The van der Waals surface area contributed by atoms with Gasteiger partial charge in [-0.15, -0.1) is 8.97 Å². The maximum absolute atomic E-state index is 14.5. The Hall–Kier alpha value is -4.62. The molecule has 6 aliphatic rings. The van der Waals surface area contributed by atoms with Gasteiger partial charge in [-0.2, -0.15) is 5.21 Å². The molecule has 0 aromatic carbocycles. The quantitative estimate of drug-likeness (QED) is 0.500. The SMILES string of the molecule is O=C(O)N1CCC[C@H]1C(=O)[N+]1(c2n[nH]nc2[N+]2(C(=O)[C@@H]3CCCN3C(=O)O)C3=CC=C2C=C3)C2=CC=C1C=C2. The second-order valence-electron chi connectivity index (χ2n) is 10.3. The van der Waals surface area contributed by atoms with Crippen LogP contribution in [0.15, 0.2) is 71.4 Å². The fourth-order valence-corrected chi connectivity index (χ4v) is 6.93. The van der Waals surface area contributed by atoms with Crippen molar-refractivity contribution in [3.8, 4) is 0 Å². The van der Waals surface area contributed by atoms with Crippen LogP contribution in [0.4, 0.5) is 21.2 Å². The normalized spacial score (nSPS) is 26.7. The van der Waals surface area contributed by atoms with Gasteiger partial charge in [0.05, 0.1) is 0 Å². The summed E-state index contributed by atoms with van der Waals surface area (Å²) < 4.78 is -0.997. The van der Waals surface area contributed by atoms with Crippen molar-refractivity contribution >= 4 is 35.6 Å². The zero-order valence-electron chi connectivity index (χ0n) is 20.7. The Labute approximate surface area is 221 Å². The number of quaternary nitrogens is 2. The molecule has 0 aliphatic carbocycles. The van der Waals surface area contributed by atoms with Crippen LogP contribution >= 0.6 is 0 Å². The first-order chi connectivity index (χ1) is 18.8. The highest BCUT2D eigenvalue weighted by molar-refractivity contribution is 6.07. The number of rotatable bonds is 4. The Kier molecular flexibility index (Phi) is 4.78. The van der Waals surface area contributed by atoms with E-state index in [1.54, 1.807) is 48.6 Å². The molecular formula is C26H25N7O6+2. The van der Waals surface area contributed by atoms with Crippen molar-refractivity contribution in [1.29, 1.82) is 0 Å². The highest BCUT2D eigenvalue weighted by Gasteiger charge is 2.66. The molecule has 0 saturated carbocycles. The van der Waals surface area contributed by atoms with Crippen molar-refractivity contribution in [3.05, 3.63) is 71.4 Å². The second-order valence-corrected chi connectivity index (χ2v) is 10.3. The number of likely N-dealkylation sites (tertiary alicyclic amines) is 2. The van der Waals surface area contributed by atoms with Gasteiger partial charge < -0.3 is 10.2 Å². The predicted molar refractivity (Wildman–Crippen MR) is 136 cm³/mol. The number of aromatic nitrogens is 3. The first kappa shape index (κ1) is 23.5. The third kappa shape index (κ3) is 2.75. The highest BCUT2D eigenvalue weighted by Crippen LogP contribution is 2.54. The summed E-state index contributed by atoms with van der Waals surface area (Å²) in [6.07, 6.45) is 13.8. The molecule has 3 N–H and O–H groups in total. The van der Waals surface area contributed by atoms with Gasteiger partial charge in [0, 0.05) is 61.7 Å². The molecule has 6 aliphatic heterocycles. The minimum Gasteiger partial charge on any atom is -0.465 e. The van der Waals surface area contributed by atoms with Gasteiger partial charge in [0.1, 0.15) is 0 Å². The van der Waals surface area contributed by atoms with Crippen molar-refractivity contribution in [2.45, 2.75) is 37.8 Å². The van der Waals surface area contributed by atoms with Gasteiger partial charge in [0.25, 0.3) is 0 Å². The minimum atomic E-state index is -1.17. The smallest absolute Gasteiger partial charge is 0.408 e. The molecule has 2 fully saturated rings. The summed E-state index contributed by atoms with van der Waals surface area (Å²) in [6, 6.07) is -1.82. The van der Waals surface area contributed by atoms with E-state index in [-0.39, 0.29) is 24.7 Å². The van der Waals surface area contributed by atoms with E-state index < -0.39 is 45.1 Å². The molecule has 2 saturated heterocycles. The molecule has 0 spiro atoms. The van der Waals surface area contributed by atoms with E-state index in [0.29, 0.717) is 48.5 Å². The average molecular weight is 532 g/mol. The Morgan fingerprint density at radius 3 is 1.36 bits per heavy atom. The molecule has 4 bridgehead atoms. The zero-order valence-corrected chi connectivity index (χ0v) is 20.7. The molecule has 39 heavy (non-hydrogen) atoms. The van der Waals surface area contributed by atoms with Gasteiger partial charge in [-0.05, 0) is 25.7 Å². The summed E-state index contributed by atoms with van der Waals surface area (Å²) in [5.74, 6) is -0.474. The van der Waals surface area contributed by atoms with Gasteiger partial charge >= 0.3 is 35.6 Å². The topological polar surface area (TPSA) is 157 Å². The van der Waals surface area contributed by atoms with E-state index in [2.05, 4.69) is 15.4 Å². The zero-order chi connectivity index (χ0) is 27.1. The van der Waals surface area contributed by atoms with Crippen molar-refractivity contribution < 1.29 is 29.4 Å². The summed E-state index contributed by atoms with van der Waals surface area (Å²) in [4.78, 5) is 55.3. The molecule has 0 unspecified atom stereocenters. The summed E-state index contributed by atoms with van der Waals surface area (Å²) in [5.41, 5.74) is 2.29. The Morgan fingerprint density at radius 2 is 1.05 bits per heavy atom. The average Bonchev–Trinajstić information content (AvgIpc) is 3.78. The van der Waals surface area contributed by atoms with Crippen LogP contribution in [0.3, 0.4) is 0 Å². The van der Waals surface area contributed by atoms with E-state index in [4.69, 9.17) is 0 Å². The van der Waals surface area contributed by atoms with Gasteiger partial charge in [-0.1, -0.05) is 10.2 Å². The molecule has 1 aromatic rings. The van der Waals surface area contributed by atoms with E-state index in [1.165, 1.54) is 0 Å². The Morgan fingerprint density at radius 1 is 0.692 bits per heavy atom. The number of allylic oxidation sites excluding steroid dienone is 8. The lowest BCUT2D eigenvalue weighted by Gasteiger charge is -2.35. The maximum atomic E-state index is 14.5. The molecule has 7 rings (SSSR count). The maximum Gasteiger partial charge on any atom is 0.408 e. The number of nitrogens with zero attached hydrogens (tertiary/aromatic N) is 6. The van der Waals surface area contributed by atoms with Crippen LogP contribution in [-0.2, 0) is 9.59 Å². The molecule has 13 nitrogen and oxygen atoms in total. The third-order valence-electron chi connectivity index (χ3n) is 8.62. The Balaban J connectivity index is 1.41. The summed E-state index contributed by atoms with van der Waals surface area (Å²) in [6.45, 7) is 0.496. The van der Waals surface area contributed by atoms with E-state index >= 15 is 0 Å². The second kappa shape index (κ2) is 7.94. The lowest BCUT2D eigenvalue weighted by Crippen LogP contribution is -2.60. The summed E-state index contributed by atoms with van der Waals surface area (Å²) in [5, 5.41) is 31.2. The number of carbonyl (C=O) groups is 4. The number of carboxylic acid groups (broad SMARTS) is 2. The molecule has 7 heterocycles.